The standard InChI is InChI=1S/C21H30N4O4/c1-6-17(19-23-16-11-9-8-10-15(16)20(27)24(19)5)25(13-14(3)4)21(28)22-12-18(26)29-7-2/h8-11,14,17H,6-7,12-13H2,1-5H3,(H,22,28). The number of carbonyl (C=O) groups excluding carboxylic acids is 2. The molecule has 1 heterocycles. The van der Waals surface area contributed by atoms with Crippen LogP contribution in [0, 0.1) is 5.92 Å². The van der Waals surface area contributed by atoms with E-state index in [4.69, 9.17) is 9.72 Å². The van der Waals surface area contributed by atoms with Gasteiger partial charge in [-0.2, -0.15) is 0 Å². The van der Waals surface area contributed by atoms with Crippen LogP contribution in [0.1, 0.15) is 46.0 Å². The van der Waals surface area contributed by atoms with Crippen LogP contribution in [0.2, 0.25) is 0 Å². The van der Waals surface area contributed by atoms with Crippen LogP contribution in [0.15, 0.2) is 29.1 Å². The van der Waals surface area contributed by atoms with Gasteiger partial charge in [0.1, 0.15) is 12.4 Å². The monoisotopic (exact) mass is 402 g/mol. The fourth-order valence-electron chi connectivity index (χ4n) is 3.28. The molecule has 8 heteroatoms. The van der Waals surface area contributed by atoms with Gasteiger partial charge in [0.05, 0.1) is 23.6 Å². The zero-order chi connectivity index (χ0) is 21.6. The Balaban J connectivity index is 2.41. The molecule has 0 saturated carbocycles. The molecule has 0 aliphatic heterocycles. The van der Waals surface area contributed by atoms with Crippen molar-refractivity contribution in [3.63, 3.8) is 0 Å². The lowest BCUT2D eigenvalue weighted by atomic mass is 10.1. The maximum atomic E-state index is 12.9. The van der Waals surface area contributed by atoms with E-state index in [9.17, 15) is 14.4 Å². The van der Waals surface area contributed by atoms with Crippen molar-refractivity contribution in [2.24, 2.45) is 13.0 Å². The largest absolute Gasteiger partial charge is 0.465 e. The van der Waals surface area contributed by atoms with E-state index in [0.717, 1.165) is 0 Å². The molecule has 29 heavy (non-hydrogen) atoms. The molecule has 0 radical (unpaired) electrons. The van der Waals surface area contributed by atoms with Crippen LogP contribution in [-0.4, -0.2) is 46.1 Å². The number of aromatic nitrogens is 2. The first kappa shape index (κ1) is 22.4. The molecule has 158 valence electrons. The van der Waals surface area contributed by atoms with Gasteiger partial charge in [-0.05, 0) is 31.4 Å². The number of esters is 1. The number of carbonyl (C=O) groups is 2. The summed E-state index contributed by atoms with van der Waals surface area (Å²) in [6.07, 6.45) is 0.568. The third-order valence-corrected chi connectivity index (χ3v) is 4.59. The van der Waals surface area contributed by atoms with Crippen LogP contribution in [0.4, 0.5) is 4.79 Å². The normalized spacial score (nSPS) is 12.1. The van der Waals surface area contributed by atoms with E-state index in [0.29, 0.717) is 29.7 Å². The summed E-state index contributed by atoms with van der Waals surface area (Å²) in [5.74, 6) is 0.215. The van der Waals surface area contributed by atoms with Gasteiger partial charge in [-0.25, -0.2) is 9.78 Å². The summed E-state index contributed by atoms with van der Waals surface area (Å²) < 4.78 is 6.38. The summed E-state index contributed by atoms with van der Waals surface area (Å²) in [4.78, 5) is 43.7. The average Bonchev–Trinajstić information content (AvgIpc) is 2.69. The van der Waals surface area contributed by atoms with Gasteiger partial charge in [0.2, 0.25) is 0 Å². The average molecular weight is 402 g/mol. The molecule has 2 rings (SSSR count). The number of ether oxygens (including phenoxy) is 1. The van der Waals surface area contributed by atoms with Gasteiger partial charge in [-0.3, -0.25) is 14.2 Å². The molecular formula is C21H30N4O4. The summed E-state index contributed by atoms with van der Waals surface area (Å²) in [6.45, 7) is 8.17. The first-order chi connectivity index (χ1) is 13.8. The van der Waals surface area contributed by atoms with Crippen molar-refractivity contribution in [2.75, 3.05) is 19.7 Å². The van der Waals surface area contributed by atoms with Crippen LogP contribution in [0.5, 0.6) is 0 Å². The number of rotatable bonds is 8. The van der Waals surface area contributed by atoms with Crippen molar-refractivity contribution >= 4 is 22.9 Å². The van der Waals surface area contributed by atoms with E-state index in [-0.39, 0.29) is 30.7 Å². The number of para-hydroxylation sites is 1. The molecule has 2 amide bonds. The van der Waals surface area contributed by atoms with Crippen LogP contribution in [-0.2, 0) is 16.6 Å². The predicted octanol–water partition coefficient (Wildman–Crippen LogP) is 2.62. The number of nitrogens with zero attached hydrogens (tertiary/aromatic N) is 3. The molecule has 0 saturated heterocycles. The van der Waals surface area contributed by atoms with Crippen molar-refractivity contribution in [3.05, 3.63) is 40.4 Å². The second-order valence-corrected chi connectivity index (χ2v) is 7.29. The molecule has 1 N–H and O–H groups in total. The Morgan fingerprint density at radius 3 is 2.55 bits per heavy atom. The highest BCUT2D eigenvalue weighted by atomic mass is 16.5. The molecule has 1 aromatic heterocycles. The zero-order valence-electron chi connectivity index (χ0n) is 17.8. The number of benzene rings is 1. The Kier molecular flexibility index (Phi) is 7.75. The molecule has 0 spiro atoms. The molecule has 1 unspecified atom stereocenters. The molecule has 1 aromatic carbocycles. The number of hydrogen-bond acceptors (Lipinski definition) is 5. The summed E-state index contributed by atoms with van der Waals surface area (Å²) in [5.41, 5.74) is 0.445. The lowest BCUT2D eigenvalue weighted by Gasteiger charge is -2.33. The molecule has 1 atom stereocenters. The summed E-state index contributed by atoms with van der Waals surface area (Å²) in [5, 5.41) is 3.16. The van der Waals surface area contributed by atoms with E-state index in [1.807, 2.05) is 26.8 Å². The first-order valence-corrected chi connectivity index (χ1v) is 9.95. The minimum absolute atomic E-state index is 0.152. The molecular weight excluding hydrogens is 372 g/mol. The van der Waals surface area contributed by atoms with Gasteiger partial charge in [-0.15, -0.1) is 0 Å². The van der Waals surface area contributed by atoms with Gasteiger partial charge in [0.25, 0.3) is 5.56 Å². The summed E-state index contributed by atoms with van der Waals surface area (Å²) in [7, 11) is 1.67. The predicted molar refractivity (Wildman–Crippen MR) is 112 cm³/mol. The van der Waals surface area contributed by atoms with Crippen molar-refractivity contribution < 1.29 is 14.3 Å². The first-order valence-electron chi connectivity index (χ1n) is 9.95. The van der Waals surface area contributed by atoms with E-state index in [1.54, 1.807) is 37.1 Å². The molecule has 0 fully saturated rings. The maximum Gasteiger partial charge on any atom is 0.325 e. The topological polar surface area (TPSA) is 93.5 Å². The Morgan fingerprint density at radius 2 is 1.93 bits per heavy atom. The van der Waals surface area contributed by atoms with Crippen LogP contribution >= 0.6 is 0 Å². The maximum absolute atomic E-state index is 12.9. The highest BCUT2D eigenvalue weighted by Gasteiger charge is 2.28. The fourth-order valence-corrected chi connectivity index (χ4v) is 3.28. The molecule has 0 bridgehead atoms. The second kappa shape index (κ2) is 10.0. The van der Waals surface area contributed by atoms with Gasteiger partial charge < -0.3 is 15.0 Å². The molecule has 2 aromatic rings. The van der Waals surface area contributed by atoms with E-state index in [1.165, 1.54) is 4.57 Å². The van der Waals surface area contributed by atoms with Crippen LogP contribution < -0.4 is 10.9 Å². The van der Waals surface area contributed by atoms with Gasteiger partial charge in [-0.1, -0.05) is 32.9 Å². The van der Waals surface area contributed by atoms with Crippen molar-refractivity contribution in [3.8, 4) is 0 Å². The molecule has 0 aliphatic carbocycles. The summed E-state index contributed by atoms with van der Waals surface area (Å²) in [6, 6.07) is 6.37. The van der Waals surface area contributed by atoms with E-state index < -0.39 is 12.0 Å². The smallest absolute Gasteiger partial charge is 0.325 e. The highest BCUT2D eigenvalue weighted by Crippen LogP contribution is 2.24. The molecule has 8 nitrogen and oxygen atoms in total. The van der Waals surface area contributed by atoms with Crippen LogP contribution in [0.25, 0.3) is 10.9 Å². The molecule has 0 aliphatic rings. The third-order valence-electron chi connectivity index (χ3n) is 4.59. The Morgan fingerprint density at radius 1 is 1.24 bits per heavy atom. The van der Waals surface area contributed by atoms with E-state index >= 15 is 0 Å². The minimum Gasteiger partial charge on any atom is -0.465 e. The van der Waals surface area contributed by atoms with Crippen molar-refractivity contribution in [1.29, 1.82) is 0 Å². The minimum atomic E-state index is -0.491. The lowest BCUT2D eigenvalue weighted by molar-refractivity contribution is -0.141. The SMILES string of the molecule is CCOC(=O)CNC(=O)N(CC(C)C)C(CC)c1nc2ccccc2c(=O)n1C. The van der Waals surface area contributed by atoms with Gasteiger partial charge in [0, 0.05) is 13.6 Å². The Hall–Kier alpha value is -2.90. The van der Waals surface area contributed by atoms with E-state index in [2.05, 4.69) is 5.32 Å². The lowest BCUT2D eigenvalue weighted by Crippen LogP contribution is -2.47. The quantitative estimate of drug-likeness (QED) is 0.685. The number of fused-ring (bicyclic) bond motifs is 1. The number of urea groups is 1. The van der Waals surface area contributed by atoms with Crippen LogP contribution in [0.3, 0.4) is 0 Å². The third kappa shape index (κ3) is 5.34. The zero-order valence-corrected chi connectivity index (χ0v) is 17.8. The fraction of sp³-hybridized carbons (Fsp3) is 0.524. The Bertz CT molecular complexity index is 923. The number of nitrogens with one attached hydrogen (secondary N) is 1. The number of amides is 2. The summed E-state index contributed by atoms with van der Waals surface area (Å²) >= 11 is 0. The van der Waals surface area contributed by atoms with Crippen molar-refractivity contribution in [2.45, 2.75) is 40.2 Å². The van der Waals surface area contributed by atoms with Gasteiger partial charge in [0.15, 0.2) is 0 Å². The second-order valence-electron chi connectivity index (χ2n) is 7.29. The van der Waals surface area contributed by atoms with Gasteiger partial charge >= 0.3 is 12.0 Å². The highest BCUT2D eigenvalue weighted by molar-refractivity contribution is 5.81. The Labute approximate surface area is 170 Å². The van der Waals surface area contributed by atoms with Crippen molar-refractivity contribution in [1.82, 2.24) is 19.8 Å². The number of hydrogen-bond donors (Lipinski definition) is 1.